The van der Waals surface area contributed by atoms with Crippen molar-refractivity contribution >= 4 is 12.0 Å². The van der Waals surface area contributed by atoms with Crippen molar-refractivity contribution in [2.75, 3.05) is 6.79 Å². The Morgan fingerprint density at radius 1 is 1.40 bits per heavy atom. The first-order valence-electron chi connectivity index (χ1n) is 4.48. The van der Waals surface area contributed by atoms with Gasteiger partial charge in [0.05, 0.1) is 0 Å². The van der Waals surface area contributed by atoms with Crippen LogP contribution < -0.4 is 9.47 Å². The maximum Gasteiger partial charge on any atom is 0.331 e. The zero-order valence-corrected chi connectivity index (χ0v) is 8.19. The van der Waals surface area contributed by atoms with Crippen molar-refractivity contribution in [3.63, 3.8) is 0 Å². The number of hydrogen-bond acceptors (Lipinski definition) is 3. The summed E-state index contributed by atoms with van der Waals surface area (Å²) in [5.74, 6) is 0.426. The number of rotatable bonds is 2. The fraction of sp³-hybridized carbons (Fsp3) is 0.182. The third-order valence-electron chi connectivity index (χ3n) is 2.12. The second-order valence-electron chi connectivity index (χ2n) is 3.25. The van der Waals surface area contributed by atoms with Gasteiger partial charge in [-0.1, -0.05) is 6.07 Å². The molecule has 0 aliphatic carbocycles. The summed E-state index contributed by atoms with van der Waals surface area (Å²) in [6, 6.07) is 5.32. The summed E-state index contributed by atoms with van der Waals surface area (Å²) in [6.07, 6.45) is 1.59. The van der Waals surface area contributed by atoms with Crippen LogP contribution in [0.2, 0.25) is 0 Å². The molecule has 0 saturated heterocycles. The lowest BCUT2D eigenvalue weighted by Gasteiger charge is -1.98. The van der Waals surface area contributed by atoms with Crippen LogP contribution in [0.5, 0.6) is 11.5 Å². The quantitative estimate of drug-likeness (QED) is 0.751. The van der Waals surface area contributed by atoms with Crippen LogP contribution in [0, 0.1) is 0 Å². The molecule has 0 amide bonds. The smallest absolute Gasteiger partial charge is 0.331 e. The normalized spacial score (nSPS) is 14.1. The van der Waals surface area contributed by atoms with Crippen LogP contribution in [0.4, 0.5) is 0 Å². The van der Waals surface area contributed by atoms with E-state index in [0.717, 1.165) is 5.56 Å². The van der Waals surface area contributed by atoms with E-state index in [-0.39, 0.29) is 12.4 Å². The molecule has 0 aromatic heterocycles. The minimum Gasteiger partial charge on any atom is -0.478 e. The van der Waals surface area contributed by atoms with Gasteiger partial charge in [-0.15, -0.1) is 0 Å². The van der Waals surface area contributed by atoms with Gasteiger partial charge in [0.15, 0.2) is 11.5 Å². The van der Waals surface area contributed by atoms with E-state index in [2.05, 4.69) is 0 Å². The van der Waals surface area contributed by atoms with E-state index < -0.39 is 5.97 Å². The summed E-state index contributed by atoms with van der Waals surface area (Å²) < 4.78 is 10.3. The maximum absolute atomic E-state index is 10.6. The standard InChI is InChI=1S/C11H10O4/c1-7(11(12)13)4-8-2-3-9-10(5-8)15-6-14-9/h2-5H,6H2,1H3,(H,12,13)/b7-4-. The average Bonchev–Trinajstić information content (AvgIpc) is 2.64. The van der Waals surface area contributed by atoms with Crippen molar-refractivity contribution in [1.82, 2.24) is 0 Å². The number of carboxylic acids is 1. The highest BCUT2D eigenvalue weighted by atomic mass is 16.7. The molecule has 4 nitrogen and oxygen atoms in total. The Morgan fingerprint density at radius 2 is 2.13 bits per heavy atom. The number of carbonyl (C=O) groups is 1. The summed E-state index contributed by atoms with van der Waals surface area (Å²) in [5, 5.41) is 8.71. The molecule has 1 aliphatic rings. The van der Waals surface area contributed by atoms with Gasteiger partial charge in [-0.3, -0.25) is 0 Å². The molecule has 0 fully saturated rings. The maximum atomic E-state index is 10.6. The first-order valence-corrected chi connectivity index (χ1v) is 4.48. The van der Waals surface area contributed by atoms with E-state index in [1.165, 1.54) is 0 Å². The highest BCUT2D eigenvalue weighted by molar-refractivity contribution is 5.91. The van der Waals surface area contributed by atoms with Crippen LogP contribution in [-0.4, -0.2) is 17.9 Å². The summed E-state index contributed by atoms with van der Waals surface area (Å²) in [7, 11) is 0. The first-order chi connectivity index (χ1) is 7.16. The van der Waals surface area contributed by atoms with E-state index in [1.54, 1.807) is 31.2 Å². The molecule has 78 valence electrons. The van der Waals surface area contributed by atoms with Gasteiger partial charge in [-0.05, 0) is 30.7 Å². The molecule has 0 radical (unpaired) electrons. The molecule has 0 unspecified atom stereocenters. The number of fused-ring (bicyclic) bond motifs is 1. The van der Waals surface area contributed by atoms with Gasteiger partial charge >= 0.3 is 5.97 Å². The monoisotopic (exact) mass is 206 g/mol. The van der Waals surface area contributed by atoms with E-state index in [0.29, 0.717) is 11.5 Å². The van der Waals surface area contributed by atoms with E-state index in [4.69, 9.17) is 14.6 Å². The Morgan fingerprint density at radius 3 is 2.87 bits per heavy atom. The van der Waals surface area contributed by atoms with Crippen molar-refractivity contribution in [3.05, 3.63) is 29.3 Å². The van der Waals surface area contributed by atoms with Gasteiger partial charge in [0, 0.05) is 5.57 Å². The second kappa shape index (κ2) is 3.65. The summed E-state index contributed by atoms with van der Waals surface area (Å²) >= 11 is 0. The third-order valence-corrected chi connectivity index (χ3v) is 2.12. The first kappa shape index (κ1) is 9.58. The lowest BCUT2D eigenvalue weighted by Crippen LogP contribution is -1.95. The van der Waals surface area contributed by atoms with Gasteiger partial charge in [0.2, 0.25) is 6.79 Å². The Bertz CT molecular complexity index is 434. The molecule has 1 N–H and O–H groups in total. The van der Waals surface area contributed by atoms with Crippen LogP contribution in [0.15, 0.2) is 23.8 Å². The van der Waals surface area contributed by atoms with Crippen LogP contribution in [0.25, 0.3) is 6.08 Å². The van der Waals surface area contributed by atoms with Gasteiger partial charge in [-0.25, -0.2) is 4.79 Å². The SMILES string of the molecule is C/C(=C/c1ccc2c(c1)OCO2)C(=O)O. The Hall–Kier alpha value is -1.97. The predicted molar refractivity (Wildman–Crippen MR) is 53.9 cm³/mol. The summed E-state index contributed by atoms with van der Waals surface area (Å²) in [6.45, 7) is 1.77. The van der Waals surface area contributed by atoms with Crippen molar-refractivity contribution in [1.29, 1.82) is 0 Å². The zero-order chi connectivity index (χ0) is 10.8. The van der Waals surface area contributed by atoms with Gasteiger partial charge in [0.1, 0.15) is 0 Å². The van der Waals surface area contributed by atoms with Crippen molar-refractivity contribution in [2.45, 2.75) is 6.92 Å². The number of benzene rings is 1. The number of carboxylic acid groups (broad SMARTS) is 1. The van der Waals surface area contributed by atoms with Crippen molar-refractivity contribution in [2.24, 2.45) is 0 Å². The number of hydrogen-bond donors (Lipinski definition) is 1. The summed E-state index contributed by atoms with van der Waals surface area (Å²) in [4.78, 5) is 10.6. The molecule has 0 spiro atoms. The van der Waals surface area contributed by atoms with Gasteiger partial charge in [-0.2, -0.15) is 0 Å². The largest absolute Gasteiger partial charge is 0.478 e. The Kier molecular flexibility index (Phi) is 2.33. The van der Waals surface area contributed by atoms with Crippen LogP contribution in [-0.2, 0) is 4.79 Å². The topological polar surface area (TPSA) is 55.8 Å². The van der Waals surface area contributed by atoms with Gasteiger partial charge in [0.25, 0.3) is 0 Å². The molecule has 1 aliphatic heterocycles. The molecule has 2 rings (SSSR count). The molecular formula is C11H10O4. The average molecular weight is 206 g/mol. The van der Waals surface area contributed by atoms with E-state index in [9.17, 15) is 4.79 Å². The van der Waals surface area contributed by atoms with Crippen molar-refractivity contribution < 1.29 is 19.4 Å². The molecular weight excluding hydrogens is 196 g/mol. The van der Waals surface area contributed by atoms with Gasteiger partial charge < -0.3 is 14.6 Å². The van der Waals surface area contributed by atoms with Crippen molar-refractivity contribution in [3.8, 4) is 11.5 Å². The lowest BCUT2D eigenvalue weighted by molar-refractivity contribution is -0.132. The van der Waals surface area contributed by atoms with E-state index in [1.807, 2.05) is 0 Å². The predicted octanol–water partition coefficient (Wildman–Crippen LogP) is 1.90. The fourth-order valence-corrected chi connectivity index (χ4v) is 1.31. The number of ether oxygens (including phenoxy) is 2. The Balaban J connectivity index is 2.31. The molecule has 4 heteroatoms. The van der Waals surface area contributed by atoms with Crippen LogP contribution in [0.3, 0.4) is 0 Å². The molecule has 0 atom stereocenters. The van der Waals surface area contributed by atoms with Crippen LogP contribution in [0.1, 0.15) is 12.5 Å². The molecule has 1 aromatic rings. The highest BCUT2D eigenvalue weighted by Gasteiger charge is 2.12. The Labute approximate surface area is 86.7 Å². The second-order valence-corrected chi connectivity index (χ2v) is 3.25. The molecule has 0 saturated carbocycles. The highest BCUT2D eigenvalue weighted by Crippen LogP contribution is 2.32. The number of aliphatic carboxylic acids is 1. The molecule has 0 bridgehead atoms. The minimum atomic E-state index is -0.923. The molecule has 15 heavy (non-hydrogen) atoms. The molecule has 1 heterocycles. The lowest BCUT2D eigenvalue weighted by atomic mass is 10.1. The summed E-state index contributed by atoms with van der Waals surface area (Å²) in [5.41, 5.74) is 1.08. The third kappa shape index (κ3) is 1.93. The minimum absolute atomic E-state index is 0.223. The molecule has 1 aromatic carbocycles. The van der Waals surface area contributed by atoms with Crippen LogP contribution >= 0.6 is 0 Å². The zero-order valence-electron chi connectivity index (χ0n) is 8.19. The fourth-order valence-electron chi connectivity index (χ4n) is 1.31. The van der Waals surface area contributed by atoms with E-state index >= 15 is 0 Å².